The molecule has 0 saturated heterocycles. The summed E-state index contributed by atoms with van der Waals surface area (Å²) in [5, 5.41) is 25.6. The maximum atomic E-state index is 13.2. The average molecular weight is 488 g/mol. The van der Waals surface area contributed by atoms with E-state index < -0.39 is 58.6 Å². The van der Waals surface area contributed by atoms with E-state index >= 15 is 0 Å². The zero-order valence-electron chi connectivity index (χ0n) is 17.5. The van der Waals surface area contributed by atoms with Crippen molar-refractivity contribution in [3.63, 3.8) is 0 Å². The van der Waals surface area contributed by atoms with Crippen molar-refractivity contribution in [1.82, 2.24) is 10.6 Å². The number of nitro benzene ring substituents is 1. The molecule has 3 N–H and O–H groups in total. The highest BCUT2D eigenvalue weighted by Gasteiger charge is 2.35. The maximum Gasteiger partial charge on any atom is 0.416 e. The van der Waals surface area contributed by atoms with Crippen molar-refractivity contribution < 1.29 is 32.8 Å². The summed E-state index contributed by atoms with van der Waals surface area (Å²) in [5.41, 5.74) is -1.83. The molecule has 33 heavy (non-hydrogen) atoms. The van der Waals surface area contributed by atoms with Gasteiger partial charge >= 0.3 is 6.18 Å². The van der Waals surface area contributed by atoms with E-state index in [0.29, 0.717) is 0 Å². The van der Waals surface area contributed by atoms with Gasteiger partial charge in [0.1, 0.15) is 6.04 Å². The van der Waals surface area contributed by atoms with Gasteiger partial charge in [-0.3, -0.25) is 19.7 Å². The normalized spacial score (nSPS) is 13.3. The van der Waals surface area contributed by atoms with Crippen LogP contribution >= 0.6 is 11.6 Å². The minimum Gasteiger partial charge on any atom is -0.387 e. The van der Waals surface area contributed by atoms with Gasteiger partial charge in [-0.05, 0) is 23.6 Å². The van der Waals surface area contributed by atoms with Crippen LogP contribution in [0.3, 0.4) is 0 Å². The summed E-state index contributed by atoms with van der Waals surface area (Å²) in [6.07, 6.45) is -6.32. The van der Waals surface area contributed by atoms with Gasteiger partial charge in [0, 0.05) is 18.7 Å². The number of nitro groups is 1. The Balaban J connectivity index is 2.11. The van der Waals surface area contributed by atoms with Crippen molar-refractivity contribution in [2.45, 2.75) is 32.2 Å². The molecule has 0 heterocycles. The third-order valence-electron chi connectivity index (χ3n) is 4.74. The Kier molecular flexibility index (Phi) is 8.39. The largest absolute Gasteiger partial charge is 0.416 e. The van der Waals surface area contributed by atoms with Crippen LogP contribution in [-0.4, -0.2) is 34.4 Å². The van der Waals surface area contributed by atoms with E-state index in [1.807, 2.05) is 0 Å². The summed E-state index contributed by atoms with van der Waals surface area (Å²) in [7, 11) is 0. The SMILES string of the molecule is CC(C)C(NC(=O)c1ccc([N+](=O)[O-])cc1Cl)C(=O)NCC(O)c1ccccc1C(F)(F)F. The molecular weight excluding hydrogens is 467 g/mol. The highest BCUT2D eigenvalue weighted by molar-refractivity contribution is 6.34. The number of rotatable bonds is 8. The summed E-state index contributed by atoms with van der Waals surface area (Å²) in [6.45, 7) is 2.72. The Morgan fingerprint density at radius 3 is 2.36 bits per heavy atom. The van der Waals surface area contributed by atoms with E-state index in [-0.39, 0.29) is 16.3 Å². The number of hydrogen-bond acceptors (Lipinski definition) is 5. The Labute approximate surface area is 191 Å². The number of carbonyl (C=O) groups is 2. The molecule has 2 atom stereocenters. The Morgan fingerprint density at radius 1 is 1.18 bits per heavy atom. The van der Waals surface area contributed by atoms with Crippen molar-refractivity contribution in [1.29, 1.82) is 0 Å². The van der Waals surface area contributed by atoms with E-state index in [1.165, 1.54) is 12.1 Å². The van der Waals surface area contributed by atoms with Crippen LogP contribution in [-0.2, 0) is 11.0 Å². The quantitative estimate of drug-likeness (QED) is 0.385. The lowest BCUT2D eigenvalue weighted by Crippen LogP contribution is -2.50. The van der Waals surface area contributed by atoms with Gasteiger partial charge in [-0.1, -0.05) is 43.6 Å². The van der Waals surface area contributed by atoms with Gasteiger partial charge in [-0.25, -0.2) is 0 Å². The van der Waals surface area contributed by atoms with E-state index in [4.69, 9.17) is 11.6 Å². The molecule has 0 aliphatic carbocycles. The van der Waals surface area contributed by atoms with Crippen LogP contribution in [0.5, 0.6) is 0 Å². The number of nitrogens with one attached hydrogen (secondary N) is 2. The molecule has 2 aromatic carbocycles. The van der Waals surface area contributed by atoms with Crippen molar-refractivity contribution in [2.24, 2.45) is 5.92 Å². The van der Waals surface area contributed by atoms with Gasteiger partial charge in [0.25, 0.3) is 11.6 Å². The van der Waals surface area contributed by atoms with Crippen LogP contribution in [0.15, 0.2) is 42.5 Å². The number of amides is 2. The third kappa shape index (κ3) is 6.65. The minimum absolute atomic E-state index is 0.0974. The first-order valence-corrected chi connectivity index (χ1v) is 10.1. The molecule has 0 radical (unpaired) electrons. The zero-order valence-corrected chi connectivity index (χ0v) is 18.3. The summed E-state index contributed by atoms with van der Waals surface area (Å²) in [4.78, 5) is 35.3. The Hall–Kier alpha value is -3.18. The van der Waals surface area contributed by atoms with Crippen molar-refractivity contribution >= 4 is 29.1 Å². The molecule has 2 amide bonds. The van der Waals surface area contributed by atoms with Crippen molar-refractivity contribution in [3.8, 4) is 0 Å². The van der Waals surface area contributed by atoms with Crippen molar-refractivity contribution in [3.05, 3.63) is 74.3 Å². The van der Waals surface area contributed by atoms with Gasteiger partial charge < -0.3 is 15.7 Å². The third-order valence-corrected chi connectivity index (χ3v) is 5.05. The molecule has 0 fully saturated rings. The standard InChI is InChI=1S/C21H21ClF3N3O5/c1-11(2)18(27-19(30)14-8-7-12(28(32)33)9-16(14)22)20(31)26-10-17(29)13-5-3-4-6-15(13)21(23,24)25/h3-9,11,17-18,29H,10H2,1-2H3,(H,26,31)(H,27,30). The van der Waals surface area contributed by atoms with E-state index in [2.05, 4.69) is 10.6 Å². The highest BCUT2D eigenvalue weighted by atomic mass is 35.5. The van der Waals surface area contributed by atoms with Crippen LogP contribution in [0.1, 0.15) is 41.4 Å². The van der Waals surface area contributed by atoms with E-state index in [1.54, 1.807) is 13.8 Å². The molecule has 0 saturated carbocycles. The Bertz CT molecular complexity index is 1050. The molecule has 12 heteroatoms. The topological polar surface area (TPSA) is 122 Å². The number of halogens is 4. The second-order valence-electron chi connectivity index (χ2n) is 7.46. The number of benzene rings is 2. The predicted molar refractivity (Wildman–Crippen MR) is 114 cm³/mol. The number of nitrogens with zero attached hydrogens (tertiary/aromatic N) is 1. The molecule has 2 unspecified atom stereocenters. The van der Waals surface area contributed by atoms with Gasteiger partial charge in [-0.15, -0.1) is 0 Å². The second-order valence-corrected chi connectivity index (χ2v) is 7.87. The first-order chi connectivity index (χ1) is 15.3. The second kappa shape index (κ2) is 10.6. The van der Waals surface area contributed by atoms with E-state index in [9.17, 15) is 38.0 Å². The molecular formula is C21H21ClF3N3O5. The number of aliphatic hydroxyl groups is 1. The summed E-state index contributed by atoms with van der Waals surface area (Å²) in [5.74, 6) is -1.95. The molecule has 2 aromatic rings. The monoisotopic (exact) mass is 487 g/mol. The lowest BCUT2D eigenvalue weighted by atomic mass is 10.0. The fraction of sp³-hybridized carbons (Fsp3) is 0.333. The Morgan fingerprint density at radius 2 is 1.82 bits per heavy atom. The lowest BCUT2D eigenvalue weighted by molar-refractivity contribution is -0.384. The number of carbonyl (C=O) groups excluding carboxylic acids is 2. The first kappa shape index (κ1) is 26.1. The lowest BCUT2D eigenvalue weighted by Gasteiger charge is -2.23. The van der Waals surface area contributed by atoms with Crippen LogP contribution in [0.4, 0.5) is 18.9 Å². The number of non-ortho nitro benzene ring substituents is 1. The highest BCUT2D eigenvalue weighted by Crippen LogP contribution is 2.34. The first-order valence-electron chi connectivity index (χ1n) is 9.69. The van der Waals surface area contributed by atoms with Gasteiger partial charge in [0.05, 0.1) is 27.2 Å². The van der Waals surface area contributed by atoms with Gasteiger partial charge in [0.2, 0.25) is 5.91 Å². The van der Waals surface area contributed by atoms with Gasteiger partial charge in [-0.2, -0.15) is 13.2 Å². The van der Waals surface area contributed by atoms with E-state index in [0.717, 1.165) is 30.3 Å². The molecule has 2 rings (SSSR count). The fourth-order valence-electron chi connectivity index (χ4n) is 3.02. The van der Waals surface area contributed by atoms with Crippen molar-refractivity contribution in [2.75, 3.05) is 6.54 Å². The molecule has 0 aliphatic heterocycles. The molecule has 178 valence electrons. The fourth-order valence-corrected chi connectivity index (χ4v) is 3.28. The number of alkyl halides is 3. The maximum absolute atomic E-state index is 13.2. The number of aliphatic hydroxyl groups excluding tert-OH is 1. The summed E-state index contributed by atoms with van der Waals surface area (Å²) < 4.78 is 39.5. The smallest absolute Gasteiger partial charge is 0.387 e. The van der Waals surface area contributed by atoms with Crippen LogP contribution in [0.2, 0.25) is 5.02 Å². The number of hydrogen-bond donors (Lipinski definition) is 3. The zero-order chi connectivity index (χ0) is 24.9. The van der Waals surface area contributed by atoms with Crippen LogP contribution < -0.4 is 10.6 Å². The van der Waals surface area contributed by atoms with Gasteiger partial charge in [0.15, 0.2) is 0 Å². The minimum atomic E-state index is -4.68. The van der Waals surface area contributed by atoms with Crippen LogP contribution in [0, 0.1) is 16.0 Å². The molecule has 0 bridgehead atoms. The summed E-state index contributed by atoms with van der Waals surface area (Å²) >= 11 is 5.94. The average Bonchev–Trinajstić information content (AvgIpc) is 2.74. The predicted octanol–water partition coefficient (Wildman–Crippen LogP) is 3.87. The molecule has 0 aliphatic rings. The summed E-state index contributed by atoms with van der Waals surface area (Å²) in [6, 6.07) is 6.56. The molecule has 8 nitrogen and oxygen atoms in total. The van der Waals surface area contributed by atoms with Crippen LogP contribution in [0.25, 0.3) is 0 Å². The molecule has 0 spiro atoms. The molecule has 0 aromatic heterocycles.